The molecular weight excluding hydrogens is 316 g/mol. The highest BCUT2D eigenvalue weighted by Crippen LogP contribution is 2.27. The minimum atomic E-state index is -3.11. The summed E-state index contributed by atoms with van der Waals surface area (Å²) in [6, 6.07) is 9.08. The Kier molecular flexibility index (Phi) is 4.67. The van der Waals surface area contributed by atoms with Crippen molar-refractivity contribution >= 4 is 33.2 Å². The molecule has 0 N–H and O–H groups in total. The van der Waals surface area contributed by atoms with Gasteiger partial charge in [0.25, 0.3) is 0 Å². The molecule has 2 rings (SSSR count). The zero-order valence-corrected chi connectivity index (χ0v) is 13.4. The lowest BCUT2D eigenvalue weighted by molar-refractivity contribution is 0.600. The first-order valence-corrected chi connectivity index (χ1v) is 9.03. The van der Waals surface area contributed by atoms with Gasteiger partial charge in [-0.15, -0.1) is 0 Å². The van der Waals surface area contributed by atoms with Crippen molar-refractivity contribution in [1.29, 1.82) is 0 Å². The van der Waals surface area contributed by atoms with E-state index in [1.54, 1.807) is 25.1 Å². The third-order valence-corrected chi connectivity index (χ3v) is 4.31. The maximum atomic E-state index is 11.3. The van der Waals surface area contributed by atoms with Gasteiger partial charge in [0.15, 0.2) is 9.84 Å². The molecule has 2 aromatic rings. The SMILES string of the molecule is Cc1nc(CS(C)(=O)=O)cc(Sc2ccc(Cl)cc2)n1. The van der Waals surface area contributed by atoms with Gasteiger partial charge in [-0.1, -0.05) is 23.4 Å². The topological polar surface area (TPSA) is 59.9 Å². The molecule has 106 valence electrons. The minimum Gasteiger partial charge on any atom is -0.237 e. The monoisotopic (exact) mass is 328 g/mol. The van der Waals surface area contributed by atoms with Crippen LogP contribution in [0.15, 0.2) is 40.3 Å². The zero-order valence-electron chi connectivity index (χ0n) is 11.0. The van der Waals surface area contributed by atoms with Crippen LogP contribution in [-0.4, -0.2) is 24.6 Å². The van der Waals surface area contributed by atoms with Crippen molar-refractivity contribution in [1.82, 2.24) is 9.97 Å². The van der Waals surface area contributed by atoms with Gasteiger partial charge in [0.05, 0.1) is 11.4 Å². The van der Waals surface area contributed by atoms with Crippen molar-refractivity contribution in [2.75, 3.05) is 6.26 Å². The second kappa shape index (κ2) is 6.11. The standard InChI is InChI=1S/C13H13ClN2O2S2/c1-9-15-11(8-20(2,17)18)7-13(16-9)19-12-5-3-10(14)4-6-12/h3-7H,8H2,1-2H3. The zero-order chi connectivity index (χ0) is 14.8. The summed E-state index contributed by atoms with van der Waals surface area (Å²) in [5.41, 5.74) is 0.511. The summed E-state index contributed by atoms with van der Waals surface area (Å²) < 4.78 is 22.7. The van der Waals surface area contributed by atoms with E-state index >= 15 is 0 Å². The Morgan fingerprint density at radius 1 is 1.20 bits per heavy atom. The summed E-state index contributed by atoms with van der Waals surface area (Å²) in [5.74, 6) is 0.479. The fraction of sp³-hybridized carbons (Fsp3) is 0.231. The van der Waals surface area contributed by atoms with E-state index in [1.165, 1.54) is 18.0 Å². The largest absolute Gasteiger partial charge is 0.237 e. The Balaban J connectivity index is 2.26. The molecule has 4 nitrogen and oxygen atoms in total. The van der Waals surface area contributed by atoms with E-state index in [0.29, 0.717) is 16.5 Å². The lowest BCUT2D eigenvalue weighted by Crippen LogP contribution is -2.05. The highest BCUT2D eigenvalue weighted by Gasteiger charge is 2.09. The Bertz CT molecular complexity index is 716. The Morgan fingerprint density at radius 3 is 2.45 bits per heavy atom. The van der Waals surface area contributed by atoms with Gasteiger partial charge >= 0.3 is 0 Å². The number of aromatic nitrogens is 2. The second-order valence-electron chi connectivity index (χ2n) is 4.37. The highest BCUT2D eigenvalue weighted by atomic mass is 35.5. The summed E-state index contributed by atoms with van der Waals surface area (Å²) in [5, 5.41) is 1.39. The molecule has 0 aliphatic heterocycles. The lowest BCUT2D eigenvalue weighted by Gasteiger charge is -2.05. The van der Waals surface area contributed by atoms with Gasteiger partial charge in [-0.2, -0.15) is 0 Å². The molecule has 0 atom stereocenters. The fourth-order valence-corrected chi connectivity index (χ4v) is 3.32. The molecule has 1 heterocycles. The molecule has 20 heavy (non-hydrogen) atoms. The van der Waals surface area contributed by atoms with Crippen molar-refractivity contribution in [3.8, 4) is 0 Å². The number of halogens is 1. The highest BCUT2D eigenvalue weighted by molar-refractivity contribution is 7.99. The molecule has 0 saturated heterocycles. The molecular formula is C13H13ClN2O2S2. The minimum absolute atomic E-state index is 0.0788. The average Bonchev–Trinajstić information content (AvgIpc) is 2.29. The lowest BCUT2D eigenvalue weighted by atomic mass is 10.4. The number of rotatable bonds is 4. The summed E-state index contributed by atoms with van der Waals surface area (Å²) in [7, 11) is -3.11. The van der Waals surface area contributed by atoms with Crippen molar-refractivity contribution in [2.45, 2.75) is 22.6 Å². The number of hydrogen-bond acceptors (Lipinski definition) is 5. The third kappa shape index (κ3) is 4.77. The van der Waals surface area contributed by atoms with E-state index in [4.69, 9.17) is 11.6 Å². The fourth-order valence-electron chi connectivity index (χ4n) is 1.62. The van der Waals surface area contributed by atoms with Crippen LogP contribution in [0.3, 0.4) is 0 Å². The molecule has 7 heteroatoms. The van der Waals surface area contributed by atoms with E-state index < -0.39 is 9.84 Å². The normalized spacial score (nSPS) is 11.6. The van der Waals surface area contributed by atoms with Crippen LogP contribution in [0, 0.1) is 6.92 Å². The van der Waals surface area contributed by atoms with Gasteiger partial charge in [0.2, 0.25) is 0 Å². The summed E-state index contributed by atoms with van der Waals surface area (Å²) in [6.45, 7) is 1.75. The number of sulfone groups is 1. The van der Waals surface area contributed by atoms with Crippen LogP contribution in [0.2, 0.25) is 5.02 Å². The molecule has 1 aromatic heterocycles. The molecule has 0 bridgehead atoms. The number of nitrogens with zero attached hydrogens (tertiary/aromatic N) is 2. The van der Waals surface area contributed by atoms with Gasteiger partial charge in [-0.25, -0.2) is 18.4 Å². The molecule has 0 aliphatic rings. The van der Waals surface area contributed by atoms with E-state index in [-0.39, 0.29) is 5.75 Å². The molecule has 0 aliphatic carbocycles. The third-order valence-electron chi connectivity index (χ3n) is 2.31. The van der Waals surface area contributed by atoms with Crippen LogP contribution >= 0.6 is 23.4 Å². The molecule has 0 saturated carbocycles. The van der Waals surface area contributed by atoms with E-state index in [1.807, 2.05) is 12.1 Å². The van der Waals surface area contributed by atoms with Crippen LogP contribution in [0.1, 0.15) is 11.5 Å². The maximum Gasteiger partial charge on any atom is 0.153 e. The molecule has 0 amide bonds. The summed E-state index contributed by atoms with van der Waals surface area (Å²) in [6.07, 6.45) is 1.19. The maximum absolute atomic E-state index is 11.3. The molecule has 1 aromatic carbocycles. The second-order valence-corrected chi connectivity index (χ2v) is 8.04. The smallest absolute Gasteiger partial charge is 0.153 e. The first-order valence-electron chi connectivity index (χ1n) is 5.77. The van der Waals surface area contributed by atoms with Crippen LogP contribution in [-0.2, 0) is 15.6 Å². The van der Waals surface area contributed by atoms with Crippen LogP contribution < -0.4 is 0 Å². The predicted molar refractivity (Wildman–Crippen MR) is 80.9 cm³/mol. The molecule has 0 spiro atoms. The quantitative estimate of drug-likeness (QED) is 0.807. The van der Waals surface area contributed by atoms with Crippen molar-refractivity contribution in [3.05, 3.63) is 46.9 Å². The molecule has 0 unspecified atom stereocenters. The summed E-state index contributed by atoms with van der Waals surface area (Å²) >= 11 is 7.28. The van der Waals surface area contributed by atoms with E-state index in [9.17, 15) is 8.42 Å². The predicted octanol–water partition coefficient (Wildman–Crippen LogP) is 3.13. The van der Waals surface area contributed by atoms with Gasteiger partial charge in [-0.3, -0.25) is 0 Å². The number of hydrogen-bond donors (Lipinski definition) is 0. The van der Waals surface area contributed by atoms with Gasteiger partial charge in [-0.05, 0) is 37.3 Å². The van der Waals surface area contributed by atoms with Gasteiger partial charge in [0, 0.05) is 16.2 Å². The van der Waals surface area contributed by atoms with Crippen LogP contribution in [0.4, 0.5) is 0 Å². The molecule has 0 radical (unpaired) electrons. The first kappa shape index (κ1) is 15.3. The van der Waals surface area contributed by atoms with Gasteiger partial charge in [0.1, 0.15) is 10.9 Å². The van der Waals surface area contributed by atoms with Crippen LogP contribution in [0.5, 0.6) is 0 Å². The van der Waals surface area contributed by atoms with Crippen molar-refractivity contribution in [2.24, 2.45) is 0 Å². The van der Waals surface area contributed by atoms with E-state index in [0.717, 1.165) is 9.92 Å². The number of aryl methyl sites for hydroxylation is 1. The Hall–Kier alpha value is -1.11. The van der Waals surface area contributed by atoms with Crippen molar-refractivity contribution < 1.29 is 8.42 Å². The summed E-state index contributed by atoms with van der Waals surface area (Å²) in [4.78, 5) is 9.44. The Labute approximate surface area is 127 Å². The van der Waals surface area contributed by atoms with Gasteiger partial charge < -0.3 is 0 Å². The number of benzene rings is 1. The Morgan fingerprint density at radius 2 is 1.85 bits per heavy atom. The molecule has 0 fully saturated rings. The average molecular weight is 329 g/mol. The van der Waals surface area contributed by atoms with Crippen molar-refractivity contribution in [3.63, 3.8) is 0 Å². The van der Waals surface area contributed by atoms with E-state index in [2.05, 4.69) is 9.97 Å². The van der Waals surface area contributed by atoms with Crippen LogP contribution in [0.25, 0.3) is 0 Å². The first-order chi connectivity index (χ1) is 9.32.